The number of sulfonamides is 1. The van der Waals surface area contributed by atoms with Crippen molar-refractivity contribution in [2.24, 2.45) is 5.73 Å². The minimum atomic E-state index is -4.04. The number of amides is 1. The van der Waals surface area contributed by atoms with E-state index >= 15 is 0 Å². The van der Waals surface area contributed by atoms with Gasteiger partial charge in [0.1, 0.15) is 5.75 Å². The molecule has 0 aromatic heterocycles. The van der Waals surface area contributed by atoms with E-state index in [0.717, 1.165) is 36.0 Å². The van der Waals surface area contributed by atoms with E-state index in [2.05, 4.69) is 4.72 Å². The molecule has 7 heteroatoms. The number of aryl methyl sites for hydroxylation is 2. The van der Waals surface area contributed by atoms with Gasteiger partial charge in [-0.2, -0.15) is 0 Å². The minimum Gasteiger partial charge on any atom is -0.496 e. The summed E-state index contributed by atoms with van der Waals surface area (Å²) in [5.41, 5.74) is 9.78. The quantitative estimate of drug-likeness (QED) is 0.776. The van der Waals surface area contributed by atoms with E-state index in [0.29, 0.717) is 16.9 Å². The summed E-state index contributed by atoms with van der Waals surface area (Å²) in [5.74, 6) is 0.0377. The number of benzene rings is 2. The van der Waals surface area contributed by atoms with Crippen molar-refractivity contribution in [1.29, 1.82) is 0 Å². The highest BCUT2D eigenvalue weighted by Crippen LogP contribution is 2.32. The highest BCUT2D eigenvalue weighted by molar-refractivity contribution is 7.90. The highest BCUT2D eigenvalue weighted by Gasteiger charge is 2.25. The minimum absolute atomic E-state index is 0.0670. The molecule has 0 aliphatic heterocycles. The van der Waals surface area contributed by atoms with Crippen LogP contribution in [0.3, 0.4) is 0 Å². The van der Waals surface area contributed by atoms with Crippen LogP contribution in [0.1, 0.15) is 71.3 Å². The van der Waals surface area contributed by atoms with Gasteiger partial charge < -0.3 is 10.5 Å². The lowest BCUT2D eigenvalue weighted by molar-refractivity contribution is 0.0981. The molecule has 1 amide bonds. The van der Waals surface area contributed by atoms with Crippen LogP contribution in [0.4, 0.5) is 0 Å². The fraction of sp³-hybridized carbons (Fsp3) is 0.409. The topological polar surface area (TPSA) is 98.5 Å². The molecular formula is C22H28N2O4S. The number of nitrogens with one attached hydrogen (secondary N) is 1. The van der Waals surface area contributed by atoms with Crippen LogP contribution in [0.2, 0.25) is 0 Å². The number of hydrogen-bond donors (Lipinski definition) is 2. The predicted molar refractivity (Wildman–Crippen MR) is 113 cm³/mol. The maximum atomic E-state index is 13.0. The van der Waals surface area contributed by atoms with Gasteiger partial charge in [-0.25, -0.2) is 13.1 Å². The Bertz CT molecular complexity index is 1050. The number of ether oxygens (including phenoxy) is 1. The summed E-state index contributed by atoms with van der Waals surface area (Å²) in [5, 5.41) is 0. The van der Waals surface area contributed by atoms with E-state index in [4.69, 9.17) is 10.5 Å². The van der Waals surface area contributed by atoms with Gasteiger partial charge in [-0.1, -0.05) is 19.9 Å². The molecule has 3 N–H and O–H groups in total. The van der Waals surface area contributed by atoms with Gasteiger partial charge in [0.2, 0.25) is 0 Å². The Morgan fingerprint density at radius 1 is 1.24 bits per heavy atom. The lowest BCUT2D eigenvalue weighted by Crippen LogP contribution is -2.31. The first kappa shape index (κ1) is 21.3. The van der Waals surface area contributed by atoms with Gasteiger partial charge >= 0.3 is 0 Å². The Hall–Kier alpha value is -2.38. The van der Waals surface area contributed by atoms with Gasteiger partial charge in [-0.3, -0.25) is 4.79 Å². The summed E-state index contributed by atoms with van der Waals surface area (Å²) < 4.78 is 33.5. The zero-order chi connectivity index (χ0) is 21.3. The number of hydrogen-bond acceptors (Lipinski definition) is 5. The molecule has 0 bridgehead atoms. The van der Waals surface area contributed by atoms with E-state index in [1.54, 1.807) is 38.3 Å². The normalized spacial score (nSPS) is 16.4. The average molecular weight is 417 g/mol. The molecule has 1 atom stereocenters. The summed E-state index contributed by atoms with van der Waals surface area (Å²) in [4.78, 5) is 12.8. The van der Waals surface area contributed by atoms with E-state index < -0.39 is 15.9 Å². The molecule has 0 saturated carbocycles. The third kappa shape index (κ3) is 4.31. The number of fused-ring (bicyclic) bond motifs is 1. The number of rotatable bonds is 5. The number of carbonyl (C=O) groups excluding carboxylic acids is 1. The van der Waals surface area contributed by atoms with Crippen LogP contribution in [0.25, 0.3) is 0 Å². The third-order valence-corrected chi connectivity index (χ3v) is 6.91. The van der Waals surface area contributed by atoms with Crippen LogP contribution in [-0.2, 0) is 16.4 Å². The van der Waals surface area contributed by atoms with Gasteiger partial charge in [0, 0.05) is 11.6 Å². The van der Waals surface area contributed by atoms with E-state index in [1.807, 2.05) is 19.9 Å². The first-order valence-corrected chi connectivity index (χ1v) is 11.3. The SMILES string of the molecule is COc1cc(C)c(S(=O)(=O)NC(=O)c2ccc3c(c2)C(N)CCC3)cc1C(C)C. The second-order valence-electron chi connectivity index (χ2n) is 7.86. The summed E-state index contributed by atoms with van der Waals surface area (Å²) in [6, 6.07) is 8.38. The Balaban J connectivity index is 1.93. The van der Waals surface area contributed by atoms with Crippen LogP contribution >= 0.6 is 0 Å². The van der Waals surface area contributed by atoms with Crippen molar-refractivity contribution in [2.75, 3.05) is 7.11 Å². The molecular weight excluding hydrogens is 388 g/mol. The smallest absolute Gasteiger partial charge is 0.265 e. The highest BCUT2D eigenvalue weighted by atomic mass is 32.2. The first-order valence-electron chi connectivity index (χ1n) is 9.78. The van der Waals surface area contributed by atoms with Crippen LogP contribution in [0.5, 0.6) is 5.75 Å². The van der Waals surface area contributed by atoms with Crippen LogP contribution in [0.15, 0.2) is 35.2 Å². The zero-order valence-electron chi connectivity index (χ0n) is 17.3. The van der Waals surface area contributed by atoms with Gasteiger partial charge in [-0.05, 0) is 78.6 Å². The van der Waals surface area contributed by atoms with Gasteiger partial charge in [0.15, 0.2) is 0 Å². The van der Waals surface area contributed by atoms with Crippen molar-refractivity contribution in [2.45, 2.75) is 56.9 Å². The van der Waals surface area contributed by atoms with Gasteiger partial charge in [0.05, 0.1) is 12.0 Å². The van der Waals surface area contributed by atoms with Gasteiger partial charge in [-0.15, -0.1) is 0 Å². The zero-order valence-corrected chi connectivity index (χ0v) is 18.1. The van der Waals surface area contributed by atoms with Crippen molar-refractivity contribution in [1.82, 2.24) is 4.72 Å². The molecule has 29 heavy (non-hydrogen) atoms. The molecule has 2 aromatic carbocycles. The Morgan fingerprint density at radius 2 is 1.97 bits per heavy atom. The number of carbonyl (C=O) groups is 1. The molecule has 0 fully saturated rings. The molecule has 6 nitrogen and oxygen atoms in total. The fourth-order valence-corrected chi connectivity index (χ4v) is 5.04. The van der Waals surface area contributed by atoms with Crippen LogP contribution in [0, 0.1) is 6.92 Å². The monoisotopic (exact) mass is 416 g/mol. The maximum Gasteiger partial charge on any atom is 0.265 e. The van der Waals surface area contributed by atoms with E-state index in [-0.39, 0.29) is 16.9 Å². The van der Waals surface area contributed by atoms with Crippen LogP contribution < -0.4 is 15.2 Å². The fourth-order valence-electron chi connectivity index (χ4n) is 3.81. The molecule has 0 spiro atoms. The molecule has 0 heterocycles. The van der Waals surface area contributed by atoms with E-state index in [1.165, 1.54) is 0 Å². The largest absolute Gasteiger partial charge is 0.496 e. The summed E-state index contributed by atoms with van der Waals surface area (Å²) >= 11 is 0. The standard InChI is InChI=1S/C22H28N2O4S/c1-13(2)17-12-21(14(3)10-20(17)28-4)29(26,27)24-22(25)16-9-8-15-6-5-7-19(23)18(15)11-16/h8-13,19H,5-7,23H2,1-4H3,(H,24,25). The second kappa shape index (κ2) is 8.16. The summed E-state index contributed by atoms with van der Waals surface area (Å²) in [7, 11) is -2.49. The van der Waals surface area contributed by atoms with Crippen LogP contribution in [-0.4, -0.2) is 21.4 Å². The van der Waals surface area contributed by atoms with Crippen molar-refractivity contribution < 1.29 is 17.9 Å². The molecule has 156 valence electrons. The Morgan fingerprint density at radius 3 is 2.62 bits per heavy atom. The predicted octanol–water partition coefficient (Wildman–Crippen LogP) is 3.58. The molecule has 0 saturated heterocycles. The molecule has 2 aromatic rings. The Labute approximate surface area is 172 Å². The molecule has 3 rings (SSSR count). The second-order valence-corrected chi connectivity index (χ2v) is 9.51. The molecule has 0 radical (unpaired) electrons. The van der Waals surface area contributed by atoms with Crippen molar-refractivity contribution in [3.05, 3.63) is 58.1 Å². The average Bonchev–Trinajstić information content (AvgIpc) is 2.66. The van der Waals surface area contributed by atoms with E-state index in [9.17, 15) is 13.2 Å². The first-order chi connectivity index (χ1) is 13.6. The van der Waals surface area contributed by atoms with Crippen molar-refractivity contribution in [3.63, 3.8) is 0 Å². The van der Waals surface area contributed by atoms with Gasteiger partial charge in [0.25, 0.3) is 15.9 Å². The molecule has 1 aliphatic rings. The van der Waals surface area contributed by atoms with Crippen molar-refractivity contribution in [3.8, 4) is 5.75 Å². The molecule has 1 aliphatic carbocycles. The van der Waals surface area contributed by atoms with Crippen molar-refractivity contribution >= 4 is 15.9 Å². The number of methoxy groups -OCH3 is 1. The summed E-state index contributed by atoms with van der Waals surface area (Å²) in [6.45, 7) is 5.60. The number of nitrogens with two attached hydrogens (primary N) is 1. The lowest BCUT2D eigenvalue weighted by Gasteiger charge is -2.22. The molecule has 1 unspecified atom stereocenters. The lowest BCUT2D eigenvalue weighted by atomic mass is 9.87. The summed E-state index contributed by atoms with van der Waals surface area (Å²) in [6.07, 6.45) is 2.80. The maximum absolute atomic E-state index is 13.0. The Kier molecular flexibility index (Phi) is 6.00. The third-order valence-electron chi connectivity index (χ3n) is 5.43.